The van der Waals surface area contributed by atoms with Crippen LogP contribution in [0.1, 0.15) is 55.9 Å². The molecule has 2 unspecified atom stereocenters. The monoisotopic (exact) mass is 964 g/mol. The Kier molecular flexibility index (Phi) is 21.8. The minimum absolute atomic E-state index is 0. The fourth-order valence-electron chi connectivity index (χ4n) is 5.81. The van der Waals surface area contributed by atoms with Gasteiger partial charge in [0.05, 0.1) is 14.2 Å². The molecule has 0 aromatic heterocycles. The lowest BCUT2D eigenvalue weighted by atomic mass is 9.97. The standard InChI is InChI=1S/C15H20O11.C13H17BrO9.C6H8O6.CH4/c1-6(16)22-10-11(23-7(2)17)13(24-8(3)18)15(25-9(4)19)26-12(10)14(20)21-5;1-5(15)20-8-9(21-6(2)16)11(13(18)19-4)23-12(14)10(8)22-7(3)17;7-1-3-4(12-5(1)9)2(8)6(10)11-3;/h10-13,15H,1-5H3;8-12H,1-4H3;1-5,7-9H;1H4/t10-,11-,12-,13+,15?;8-,9-,10+,11-,12-;1-,2+,3-,4-,5?;/m001./s1. The number of fused-ring (bicyclic) bond motifs is 1. The van der Waals surface area contributed by atoms with Gasteiger partial charge >= 0.3 is 59.7 Å². The summed E-state index contributed by atoms with van der Waals surface area (Å²) in [6.07, 6.45) is -18.7. The van der Waals surface area contributed by atoms with Crippen molar-refractivity contribution in [3.8, 4) is 0 Å². The number of rotatable bonds is 9. The average Bonchev–Trinajstić information content (AvgIpc) is 3.58. The molecule has 0 saturated carbocycles. The van der Waals surface area contributed by atoms with Crippen LogP contribution in [0.15, 0.2) is 0 Å². The van der Waals surface area contributed by atoms with Crippen LogP contribution in [-0.2, 0) is 110 Å². The van der Waals surface area contributed by atoms with E-state index in [-0.39, 0.29) is 7.43 Å². The molecule has 27 heteroatoms. The molecule has 0 aliphatic carbocycles. The van der Waals surface area contributed by atoms with Crippen LogP contribution in [0.25, 0.3) is 0 Å². The fourth-order valence-corrected chi connectivity index (χ4v) is 6.45. The number of aliphatic hydroxyl groups is 3. The van der Waals surface area contributed by atoms with Gasteiger partial charge in [-0.25, -0.2) is 14.4 Å². The van der Waals surface area contributed by atoms with Gasteiger partial charge in [-0.2, -0.15) is 0 Å². The lowest BCUT2D eigenvalue weighted by molar-refractivity contribution is -0.294. The number of halogens is 1. The van der Waals surface area contributed by atoms with Gasteiger partial charge in [0.1, 0.15) is 12.2 Å². The third-order valence-corrected chi connectivity index (χ3v) is 8.73. The molecule has 0 radical (unpaired) electrons. The van der Waals surface area contributed by atoms with Gasteiger partial charge < -0.3 is 76.9 Å². The number of hydrogen-bond donors (Lipinski definition) is 3. The zero-order valence-electron chi connectivity index (χ0n) is 33.8. The molecule has 4 heterocycles. The first-order chi connectivity index (χ1) is 28.3. The molecule has 0 aromatic rings. The number of carbonyl (C=O) groups excluding carboxylic acids is 10. The Morgan fingerprint density at radius 2 is 0.855 bits per heavy atom. The van der Waals surface area contributed by atoms with Crippen molar-refractivity contribution < 1.29 is 125 Å². The van der Waals surface area contributed by atoms with Crippen LogP contribution in [-0.4, -0.2) is 180 Å². The third kappa shape index (κ3) is 15.1. The van der Waals surface area contributed by atoms with E-state index in [1.54, 1.807) is 0 Å². The summed E-state index contributed by atoms with van der Waals surface area (Å²) >= 11 is 3.11. The summed E-state index contributed by atoms with van der Waals surface area (Å²) in [5.74, 6) is -8.03. The Hall–Kier alpha value is -5.06. The molecule has 4 fully saturated rings. The van der Waals surface area contributed by atoms with Crippen molar-refractivity contribution in [2.75, 3.05) is 14.2 Å². The number of aliphatic hydroxyl groups excluding tert-OH is 3. The van der Waals surface area contributed by atoms with Crippen LogP contribution in [0.2, 0.25) is 0 Å². The molecule has 4 aliphatic heterocycles. The molecule has 4 saturated heterocycles. The molecular weight excluding hydrogens is 916 g/mol. The molecule has 352 valence electrons. The van der Waals surface area contributed by atoms with Crippen LogP contribution in [0.5, 0.6) is 0 Å². The molecule has 3 N–H and O–H groups in total. The number of carbonyl (C=O) groups is 10. The van der Waals surface area contributed by atoms with E-state index in [0.29, 0.717) is 0 Å². The van der Waals surface area contributed by atoms with Crippen molar-refractivity contribution in [1.82, 2.24) is 0 Å². The second-order valence-corrected chi connectivity index (χ2v) is 13.7. The SMILES string of the molecule is C.COC(=O)[C@H]1OC(OC(C)=O)[C@H](OC(C)=O)[C@@H](OC(C)=O)[C@@H]1OC(C)=O.COC(=O)[C@H]1O[C@H](Br)[C@H](OC(C)=O)[C@@H](OC(C)=O)[C@@H]1OC(C)=O.O=C1O[C@H]2[C@H](OC(O)[C@@H]2O)[C@@H]1O. The minimum atomic E-state index is -1.60. The van der Waals surface area contributed by atoms with Gasteiger partial charge in [-0.05, 0) is 0 Å². The van der Waals surface area contributed by atoms with Gasteiger partial charge in [0.2, 0.25) is 12.4 Å². The van der Waals surface area contributed by atoms with E-state index in [0.717, 1.165) is 62.7 Å². The first-order valence-electron chi connectivity index (χ1n) is 17.6. The average molecular weight is 966 g/mol. The zero-order valence-corrected chi connectivity index (χ0v) is 35.4. The molecule has 0 spiro atoms. The minimum Gasteiger partial charge on any atom is -0.467 e. The number of methoxy groups -OCH3 is 2. The highest BCUT2D eigenvalue weighted by atomic mass is 79.9. The Balaban J connectivity index is 0.000000487. The predicted octanol–water partition coefficient (Wildman–Crippen LogP) is -2.70. The molecule has 4 rings (SSSR count). The van der Waals surface area contributed by atoms with Crippen molar-refractivity contribution in [2.24, 2.45) is 0 Å². The normalized spacial score (nSPS) is 32.9. The Bertz CT molecular complexity index is 1650. The van der Waals surface area contributed by atoms with Gasteiger partial charge in [-0.1, -0.05) is 23.4 Å². The van der Waals surface area contributed by atoms with E-state index in [2.05, 4.69) is 34.9 Å². The Morgan fingerprint density at radius 3 is 1.24 bits per heavy atom. The van der Waals surface area contributed by atoms with Crippen molar-refractivity contribution >= 4 is 75.6 Å². The van der Waals surface area contributed by atoms with Gasteiger partial charge in [-0.15, -0.1) is 0 Å². The van der Waals surface area contributed by atoms with Gasteiger partial charge in [0.25, 0.3) is 0 Å². The highest BCUT2D eigenvalue weighted by molar-refractivity contribution is 9.09. The molecule has 0 bridgehead atoms. The lowest BCUT2D eigenvalue weighted by Gasteiger charge is -2.42. The third-order valence-electron chi connectivity index (χ3n) is 7.99. The summed E-state index contributed by atoms with van der Waals surface area (Å²) in [4.78, 5) is 114. The van der Waals surface area contributed by atoms with E-state index in [1.165, 1.54) is 0 Å². The Labute approximate surface area is 360 Å². The first kappa shape index (κ1) is 55.0. The van der Waals surface area contributed by atoms with Crippen LogP contribution in [0.3, 0.4) is 0 Å². The molecule has 4 aliphatic rings. The maximum Gasteiger partial charge on any atom is 0.339 e. The van der Waals surface area contributed by atoms with Crippen LogP contribution in [0, 0.1) is 0 Å². The maximum atomic E-state index is 12.0. The molecule has 26 nitrogen and oxygen atoms in total. The largest absolute Gasteiger partial charge is 0.467 e. The van der Waals surface area contributed by atoms with Crippen LogP contribution < -0.4 is 0 Å². The predicted molar refractivity (Wildman–Crippen MR) is 195 cm³/mol. The molecule has 62 heavy (non-hydrogen) atoms. The molecule has 15 atom stereocenters. The quantitative estimate of drug-likeness (QED) is 0.120. The Morgan fingerprint density at radius 1 is 0.500 bits per heavy atom. The smallest absolute Gasteiger partial charge is 0.339 e. The number of ether oxygens (including phenoxy) is 13. The summed E-state index contributed by atoms with van der Waals surface area (Å²) < 4.78 is 64.4. The highest BCUT2D eigenvalue weighted by Gasteiger charge is 2.58. The summed E-state index contributed by atoms with van der Waals surface area (Å²) in [6, 6.07) is 0. The van der Waals surface area contributed by atoms with Crippen molar-refractivity contribution in [2.45, 2.75) is 147 Å². The van der Waals surface area contributed by atoms with Gasteiger partial charge in [-0.3, -0.25) is 33.6 Å². The van der Waals surface area contributed by atoms with Crippen molar-refractivity contribution in [3.63, 3.8) is 0 Å². The maximum absolute atomic E-state index is 12.0. The van der Waals surface area contributed by atoms with E-state index >= 15 is 0 Å². The van der Waals surface area contributed by atoms with E-state index < -0.39 is 151 Å². The fraction of sp³-hybridized carbons (Fsp3) is 0.714. The van der Waals surface area contributed by atoms with Crippen molar-refractivity contribution in [3.05, 3.63) is 0 Å². The number of alkyl halides is 1. The molecule has 0 aromatic carbocycles. The van der Waals surface area contributed by atoms with Crippen LogP contribution in [0.4, 0.5) is 0 Å². The van der Waals surface area contributed by atoms with Crippen molar-refractivity contribution in [1.29, 1.82) is 0 Å². The summed E-state index contributed by atoms with van der Waals surface area (Å²) in [6.45, 7) is 7.61. The second-order valence-electron chi connectivity index (χ2n) is 12.8. The summed E-state index contributed by atoms with van der Waals surface area (Å²) in [5.41, 5.74) is 0. The van der Waals surface area contributed by atoms with E-state index in [4.69, 9.17) is 58.0 Å². The van der Waals surface area contributed by atoms with Crippen LogP contribution >= 0.6 is 15.9 Å². The topological polar surface area (TPSA) is 351 Å². The highest BCUT2D eigenvalue weighted by Crippen LogP contribution is 2.33. The molecular formula is C35H49BrO26. The second kappa shape index (κ2) is 24.5. The summed E-state index contributed by atoms with van der Waals surface area (Å²) in [7, 11) is 2.18. The van der Waals surface area contributed by atoms with Gasteiger partial charge in [0, 0.05) is 48.5 Å². The molecule has 0 amide bonds. The summed E-state index contributed by atoms with van der Waals surface area (Å²) in [5, 5.41) is 26.2. The lowest BCUT2D eigenvalue weighted by Crippen LogP contribution is -2.64. The first-order valence-corrected chi connectivity index (χ1v) is 18.5. The number of hydrogen-bond acceptors (Lipinski definition) is 26. The van der Waals surface area contributed by atoms with E-state index in [9.17, 15) is 47.9 Å². The van der Waals surface area contributed by atoms with Gasteiger partial charge in [0.15, 0.2) is 66.2 Å². The van der Waals surface area contributed by atoms with E-state index in [1.807, 2.05) is 0 Å². The zero-order chi connectivity index (χ0) is 46.6. The number of esters is 10.